The van der Waals surface area contributed by atoms with Crippen molar-refractivity contribution in [2.24, 2.45) is 4.99 Å². The molecule has 0 amide bonds. The maximum absolute atomic E-state index is 13.1. The molecule has 2 heterocycles. The highest BCUT2D eigenvalue weighted by Gasteiger charge is 2.27. The van der Waals surface area contributed by atoms with Gasteiger partial charge < -0.3 is 10.0 Å². The van der Waals surface area contributed by atoms with E-state index in [4.69, 9.17) is 4.99 Å². The Labute approximate surface area is 162 Å². The molecule has 140 valence electrons. The molecule has 5 nitrogen and oxygen atoms in total. The zero-order valence-electron chi connectivity index (χ0n) is 15.9. The molecule has 0 radical (unpaired) electrons. The van der Waals surface area contributed by atoms with Crippen LogP contribution in [0.15, 0.2) is 52.3 Å². The molecular weight excluding hydrogens is 350 g/mol. The number of benzene rings is 2. The summed E-state index contributed by atoms with van der Waals surface area (Å²) < 4.78 is 1.49. The largest absolute Gasteiger partial charge is 0.494 e. The standard InChI is InChI=1S/C23H21N3O2/c1-25(2)10-11-26-22(27)16-8-5-6-14-12-20-17(13-18(21(14)16)23(26)28)15-7-3-4-9-19(15)24-20/h3-9,13,28H,10-12H2,1-2H3. The number of allylic oxidation sites excluding steroid dienone is 1. The van der Waals surface area contributed by atoms with Crippen LogP contribution in [0.2, 0.25) is 0 Å². The summed E-state index contributed by atoms with van der Waals surface area (Å²) in [7, 11) is 3.91. The third kappa shape index (κ3) is 2.43. The molecule has 1 N–H and O–H groups in total. The molecule has 2 aliphatic rings. The third-order valence-electron chi connectivity index (χ3n) is 5.57. The second-order valence-corrected chi connectivity index (χ2v) is 7.65. The van der Waals surface area contributed by atoms with Gasteiger partial charge in [0, 0.05) is 47.0 Å². The fourth-order valence-corrected chi connectivity index (χ4v) is 4.17. The highest BCUT2D eigenvalue weighted by molar-refractivity contribution is 6.35. The molecule has 0 fully saturated rings. The summed E-state index contributed by atoms with van der Waals surface area (Å²) in [6, 6.07) is 13.9. The van der Waals surface area contributed by atoms with Crippen LogP contribution in [-0.2, 0) is 13.0 Å². The Morgan fingerprint density at radius 2 is 1.96 bits per heavy atom. The molecule has 1 aromatic heterocycles. The number of likely N-dealkylation sites (N-methyl/N-ethyl adjacent to an activating group) is 1. The van der Waals surface area contributed by atoms with Gasteiger partial charge in [-0.05, 0) is 37.9 Å². The lowest BCUT2D eigenvalue weighted by Crippen LogP contribution is -2.27. The molecular formula is C23H21N3O2. The lowest BCUT2D eigenvalue weighted by Gasteiger charge is -2.17. The molecule has 0 bridgehead atoms. The summed E-state index contributed by atoms with van der Waals surface area (Å²) in [5.41, 5.74) is 5.63. The number of rotatable bonds is 3. The van der Waals surface area contributed by atoms with Crippen molar-refractivity contribution in [3.63, 3.8) is 0 Å². The zero-order chi connectivity index (χ0) is 19.4. The van der Waals surface area contributed by atoms with E-state index in [0.717, 1.165) is 33.5 Å². The molecule has 1 aliphatic carbocycles. The van der Waals surface area contributed by atoms with Crippen LogP contribution in [0.25, 0.3) is 22.4 Å². The lowest BCUT2D eigenvalue weighted by molar-refractivity contribution is 0.350. The Kier molecular flexibility index (Phi) is 3.74. The SMILES string of the molecule is CN(C)CCn1c(O)c2c3c(cccc3c1=O)CC1=Nc3ccccc3C1=C2. The molecule has 1 aliphatic heterocycles. The number of nitrogens with zero attached hydrogens (tertiary/aromatic N) is 3. The van der Waals surface area contributed by atoms with Gasteiger partial charge in [0.05, 0.1) is 11.4 Å². The molecule has 5 rings (SSSR count). The summed E-state index contributed by atoms with van der Waals surface area (Å²) in [5.74, 6) is 0.0323. The van der Waals surface area contributed by atoms with Crippen LogP contribution in [0.5, 0.6) is 5.88 Å². The molecule has 0 unspecified atom stereocenters. The topological polar surface area (TPSA) is 57.8 Å². The molecule has 28 heavy (non-hydrogen) atoms. The first-order valence-corrected chi connectivity index (χ1v) is 9.45. The van der Waals surface area contributed by atoms with E-state index in [1.165, 1.54) is 4.57 Å². The van der Waals surface area contributed by atoms with Crippen LogP contribution < -0.4 is 5.56 Å². The predicted molar refractivity (Wildman–Crippen MR) is 114 cm³/mol. The van der Waals surface area contributed by atoms with Crippen molar-refractivity contribution in [3.05, 3.63) is 69.5 Å². The van der Waals surface area contributed by atoms with E-state index >= 15 is 0 Å². The monoisotopic (exact) mass is 371 g/mol. The summed E-state index contributed by atoms with van der Waals surface area (Å²) in [4.78, 5) is 19.9. The van der Waals surface area contributed by atoms with Gasteiger partial charge in [-0.15, -0.1) is 0 Å². The summed E-state index contributed by atoms with van der Waals surface area (Å²) in [6.07, 6.45) is 2.65. The summed E-state index contributed by atoms with van der Waals surface area (Å²) in [5, 5.41) is 12.6. The van der Waals surface area contributed by atoms with E-state index in [1.807, 2.05) is 61.5 Å². The van der Waals surface area contributed by atoms with E-state index in [1.54, 1.807) is 0 Å². The van der Waals surface area contributed by atoms with E-state index in [9.17, 15) is 9.90 Å². The van der Waals surface area contributed by atoms with Crippen LogP contribution in [0, 0.1) is 0 Å². The minimum absolute atomic E-state index is 0.0323. The Bertz CT molecular complexity index is 1250. The Hall–Kier alpha value is -3.18. The van der Waals surface area contributed by atoms with Crippen LogP contribution in [0.3, 0.4) is 0 Å². The number of pyridine rings is 1. The summed E-state index contributed by atoms with van der Waals surface area (Å²) >= 11 is 0. The normalized spacial score (nSPS) is 14.5. The first kappa shape index (κ1) is 17.0. The first-order chi connectivity index (χ1) is 13.5. The fourth-order valence-electron chi connectivity index (χ4n) is 4.17. The van der Waals surface area contributed by atoms with E-state index in [0.29, 0.717) is 30.5 Å². The number of aromatic nitrogens is 1. The van der Waals surface area contributed by atoms with Crippen LogP contribution in [-0.4, -0.2) is 40.9 Å². The second-order valence-electron chi connectivity index (χ2n) is 7.65. The predicted octanol–water partition coefficient (Wildman–Crippen LogP) is 3.45. The number of aliphatic imine (C=N–C) groups is 1. The number of para-hydroxylation sites is 1. The van der Waals surface area contributed by atoms with Gasteiger partial charge in [-0.2, -0.15) is 0 Å². The van der Waals surface area contributed by atoms with Gasteiger partial charge in [-0.3, -0.25) is 14.4 Å². The van der Waals surface area contributed by atoms with Crippen molar-refractivity contribution < 1.29 is 5.11 Å². The number of fused-ring (bicyclic) bond motifs is 3. The lowest BCUT2D eigenvalue weighted by atomic mass is 9.99. The second kappa shape index (κ2) is 6.17. The zero-order valence-corrected chi connectivity index (χ0v) is 15.9. The first-order valence-electron chi connectivity index (χ1n) is 9.45. The van der Waals surface area contributed by atoms with Crippen molar-refractivity contribution in [3.8, 4) is 5.88 Å². The quantitative estimate of drug-likeness (QED) is 0.767. The van der Waals surface area contributed by atoms with E-state index in [-0.39, 0.29) is 11.4 Å². The smallest absolute Gasteiger partial charge is 0.261 e. The van der Waals surface area contributed by atoms with Gasteiger partial charge >= 0.3 is 0 Å². The molecule has 5 heteroatoms. The van der Waals surface area contributed by atoms with Gasteiger partial charge in [0.2, 0.25) is 5.88 Å². The Balaban J connectivity index is 1.82. The number of hydrogen-bond acceptors (Lipinski definition) is 4. The minimum atomic E-state index is -0.146. The number of hydrogen-bond donors (Lipinski definition) is 1. The van der Waals surface area contributed by atoms with Crippen molar-refractivity contribution in [1.29, 1.82) is 0 Å². The Morgan fingerprint density at radius 1 is 1.14 bits per heavy atom. The van der Waals surface area contributed by atoms with Crippen molar-refractivity contribution in [2.75, 3.05) is 20.6 Å². The van der Waals surface area contributed by atoms with Gasteiger partial charge in [0.15, 0.2) is 0 Å². The Morgan fingerprint density at radius 3 is 2.79 bits per heavy atom. The van der Waals surface area contributed by atoms with E-state index < -0.39 is 0 Å². The highest BCUT2D eigenvalue weighted by Crippen LogP contribution is 2.42. The van der Waals surface area contributed by atoms with Gasteiger partial charge in [0.1, 0.15) is 0 Å². The maximum atomic E-state index is 13.1. The van der Waals surface area contributed by atoms with Gasteiger partial charge in [-0.1, -0.05) is 30.3 Å². The average Bonchev–Trinajstić information content (AvgIpc) is 2.92. The average molecular weight is 371 g/mol. The van der Waals surface area contributed by atoms with E-state index in [2.05, 4.69) is 6.07 Å². The highest BCUT2D eigenvalue weighted by atomic mass is 16.3. The molecule has 0 saturated carbocycles. The molecule has 0 spiro atoms. The third-order valence-corrected chi connectivity index (χ3v) is 5.57. The fraction of sp³-hybridized carbons (Fsp3) is 0.217. The minimum Gasteiger partial charge on any atom is -0.494 e. The van der Waals surface area contributed by atoms with Crippen molar-refractivity contribution in [2.45, 2.75) is 13.0 Å². The summed E-state index contributed by atoms with van der Waals surface area (Å²) in [6.45, 7) is 1.11. The van der Waals surface area contributed by atoms with Crippen LogP contribution in [0.1, 0.15) is 16.7 Å². The number of aromatic hydroxyl groups is 1. The van der Waals surface area contributed by atoms with Crippen LogP contribution in [0.4, 0.5) is 5.69 Å². The molecule has 2 aromatic carbocycles. The van der Waals surface area contributed by atoms with Gasteiger partial charge in [0.25, 0.3) is 5.56 Å². The van der Waals surface area contributed by atoms with Crippen LogP contribution >= 0.6 is 0 Å². The molecule has 0 atom stereocenters. The maximum Gasteiger partial charge on any atom is 0.261 e. The van der Waals surface area contributed by atoms with Crippen molar-refractivity contribution >= 4 is 33.8 Å². The molecule has 3 aromatic rings. The molecule has 0 saturated heterocycles. The van der Waals surface area contributed by atoms with Crippen molar-refractivity contribution in [1.82, 2.24) is 9.47 Å². The van der Waals surface area contributed by atoms with Gasteiger partial charge in [-0.25, -0.2) is 0 Å².